The number of hydrogen-bond donors (Lipinski definition) is 0. The molecule has 0 fully saturated rings. The Morgan fingerprint density at radius 1 is 1.13 bits per heavy atom. The second-order valence-corrected chi connectivity index (χ2v) is 5.55. The van der Waals surface area contributed by atoms with Gasteiger partial charge in [-0.3, -0.25) is 0 Å². The Morgan fingerprint density at radius 2 is 1.96 bits per heavy atom. The van der Waals surface area contributed by atoms with Crippen molar-refractivity contribution in [2.75, 3.05) is 6.54 Å². The maximum atomic E-state index is 13.8. The van der Waals surface area contributed by atoms with Gasteiger partial charge in [-0.1, -0.05) is 23.7 Å². The molecular weight excluding hydrogens is 325 g/mol. The van der Waals surface area contributed by atoms with Gasteiger partial charge in [-0.15, -0.1) is 0 Å². The normalized spacial score (nSPS) is 15.0. The molecule has 0 N–H and O–H groups in total. The lowest BCUT2D eigenvalue weighted by Gasteiger charge is -2.30. The van der Waals surface area contributed by atoms with E-state index in [-0.39, 0.29) is 23.9 Å². The van der Waals surface area contributed by atoms with Crippen LogP contribution in [0.1, 0.15) is 11.1 Å². The summed E-state index contributed by atoms with van der Waals surface area (Å²) in [5.74, 6) is -1.44. The number of halogens is 4. The number of benzene rings is 1. The molecule has 1 aliphatic rings. The van der Waals surface area contributed by atoms with E-state index in [1.807, 2.05) is 0 Å². The molecule has 1 aliphatic heterocycles. The predicted molar refractivity (Wildman–Crippen MR) is 83.0 cm³/mol. The van der Waals surface area contributed by atoms with Crippen molar-refractivity contribution in [1.82, 2.24) is 9.88 Å². The summed E-state index contributed by atoms with van der Waals surface area (Å²) >= 11 is 6.16. The van der Waals surface area contributed by atoms with Gasteiger partial charge in [-0.25, -0.2) is 13.8 Å². The summed E-state index contributed by atoms with van der Waals surface area (Å²) < 4.78 is 40.5. The van der Waals surface area contributed by atoms with Crippen LogP contribution in [0.3, 0.4) is 0 Å². The van der Waals surface area contributed by atoms with Crippen LogP contribution < -0.4 is 0 Å². The topological polar surface area (TPSA) is 16.1 Å². The van der Waals surface area contributed by atoms with E-state index in [9.17, 15) is 13.2 Å². The predicted octanol–water partition coefficient (Wildman–Crippen LogP) is 4.64. The Hall–Kier alpha value is -2.27. The van der Waals surface area contributed by atoms with E-state index in [1.165, 1.54) is 30.5 Å². The molecule has 2 aromatic rings. The summed E-state index contributed by atoms with van der Waals surface area (Å²) in [7, 11) is 0. The van der Waals surface area contributed by atoms with E-state index in [1.54, 1.807) is 23.1 Å². The zero-order valence-corrected chi connectivity index (χ0v) is 12.7. The molecule has 0 amide bonds. The van der Waals surface area contributed by atoms with Crippen molar-refractivity contribution in [3.8, 4) is 0 Å². The van der Waals surface area contributed by atoms with Gasteiger partial charge in [-0.2, -0.15) is 4.39 Å². The highest BCUT2D eigenvalue weighted by molar-refractivity contribution is 6.34. The van der Waals surface area contributed by atoms with Gasteiger partial charge in [-0.05, 0) is 29.8 Å². The molecule has 0 bridgehead atoms. The fourth-order valence-corrected chi connectivity index (χ4v) is 2.87. The largest absolute Gasteiger partial charge is 0.359 e. The first-order chi connectivity index (χ1) is 11.0. The number of nitrogens with zero attached hydrogens (tertiary/aromatic N) is 2. The molecule has 118 valence electrons. The zero-order chi connectivity index (χ0) is 16.4. The lowest BCUT2D eigenvalue weighted by atomic mass is 10.1. The third-order valence-electron chi connectivity index (χ3n) is 3.43. The molecule has 0 aliphatic carbocycles. The van der Waals surface area contributed by atoms with Crippen molar-refractivity contribution in [1.29, 1.82) is 0 Å². The van der Waals surface area contributed by atoms with Gasteiger partial charge in [0.2, 0.25) is 5.95 Å². The minimum Gasteiger partial charge on any atom is -0.359 e. The minimum atomic E-state index is -0.653. The molecule has 0 unspecified atom stereocenters. The van der Waals surface area contributed by atoms with E-state index in [0.29, 0.717) is 16.8 Å². The van der Waals surface area contributed by atoms with Gasteiger partial charge in [0.25, 0.3) is 0 Å². The maximum absolute atomic E-state index is 13.8. The van der Waals surface area contributed by atoms with E-state index in [4.69, 9.17) is 11.6 Å². The highest BCUT2D eigenvalue weighted by atomic mass is 35.5. The highest BCUT2D eigenvalue weighted by Gasteiger charge is 2.22. The molecule has 23 heavy (non-hydrogen) atoms. The van der Waals surface area contributed by atoms with Crippen LogP contribution in [0.4, 0.5) is 13.2 Å². The van der Waals surface area contributed by atoms with E-state index in [2.05, 4.69) is 4.98 Å². The van der Waals surface area contributed by atoms with Crippen LogP contribution in [0.25, 0.3) is 5.70 Å². The summed E-state index contributed by atoms with van der Waals surface area (Å²) in [6.45, 7) is 0.223. The highest BCUT2D eigenvalue weighted by Crippen LogP contribution is 2.33. The van der Waals surface area contributed by atoms with Gasteiger partial charge in [0.15, 0.2) is 0 Å². The Morgan fingerprint density at radius 3 is 2.70 bits per heavy atom. The van der Waals surface area contributed by atoms with E-state index in [0.717, 1.165) is 0 Å². The molecule has 0 saturated heterocycles. The first-order valence-electron chi connectivity index (χ1n) is 6.90. The summed E-state index contributed by atoms with van der Waals surface area (Å²) in [4.78, 5) is 5.15. The molecule has 2 nitrogen and oxygen atoms in total. The number of pyridine rings is 1. The van der Waals surface area contributed by atoms with Crippen molar-refractivity contribution in [3.63, 3.8) is 0 Å². The quantitative estimate of drug-likeness (QED) is 0.759. The van der Waals surface area contributed by atoms with Gasteiger partial charge in [0.1, 0.15) is 11.6 Å². The van der Waals surface area contributed by atoms with E-state index >= 15 is 0 Å². The van der Waals surface area contributed by atoms with Gasteiger partial charge < -0.3 is 4.90 Å². The molecule has 6 heteroatoms. The van der Waals surface area contributed by atoms with Gasteiger partial charge in [0.05, 0.1) is 17.3 Å². The third kappa shape index (κ3) is 3.56. The van der Waals surface area contributed by atoms with Crippen LogP contribution in [0.15, 0.2) is 59.5 Å². The molecule has 0 radical (unpaired) electrons. The van der Waals surface area contributed by atoms with Crippen molar-refractivity contribution >= 4 is 17.3 Å². The third-order valence-corrected chi connectivity index (χ3v) is 3.72. The van der Waals surface area contributed by atoms with Crippen molar-refractivity contribution in [2.45, 2.75) is 6.54 Å². The van der Waals surface area contributed by atoms with Crippen LogP contribution in [-0.2, 0) is 6.54 Å². The minimum absolute atomic E-state index is 0.0218. The second-order valence-electron chi connectivity index (χ2n) is 5.14. The summed E-state index contributed by atoms with van der Waals surface area (Å²) in [5, 5.41) is 0.163. The van der Waals surface area contributed by atoms with Gasteiger partial charge >= 0.3 is 0 Å². The fraction of sp³-hybridized carbons (Fsp3) is 0.118. The average molecular weight is 337 g/mol. The molecule has 0 atom stereocenters. The average Bonchev–Trinajstić information content (AvgIpc) is 2.46. The molecular formula is C17H12ClF3N2. The zero-order valence-electron chi connectivity index (χ0n) is 11.9. The molecule has 0 spiro atoms. The molecule has 1 aromatic carbocycles. The first-order valence-corrected chi connectivity index (χ1v) is 7.28. The van der Waals surface area contributed by atoms with Crippen LogP contribution >= 0.6 is 11.6 Å². The SMILES string of the molecule is FC1=CC(Cl)=C(c2ccnc(F)c2)N(Cc2cccc(F)c2)C1. The van der Waals surface area contributed by atoms with Crippen molar-refractivity contribution < 1.29 is 13.2 Å². The standard InChI is InChI=1S/C17H12ClF3N2/c18-15-8-14(20)10-23(9-11-2-1-3-13(19)6-11)17(15)12-4-5-22-16(21)7-12/h1-8H,9-10H2. The van der Waals surface area contributed by atoms with Crippen LogP contribution in [0.2, 0.25) is 0 Å². The number of allylic oxidation sites excluding steroid dienone is 2. The lowest BCUT2D eigenvalue weighted by molar-refractivity contribution is 0.378. The Bertz CT molecular complexity index is 802. The fourth-order valence-electron chi connectivity index (χ4n) is 2.52. The molecule has 1 aromatic heterocycles. The maximum Gasteiger partial charge on any atom is 0.213 e. The van der Waals surface area contributed by atoms with Crippen molar-refractivity contribution in [3.05, 3.63) is 82.4 Å². The Balaban J connectivity index is 1.99. The molecule has 0 saturated carbocycles. The van der Waals surface area contributed by atoms with Gasteiger partial charge in [0, 0.05) is 24.4 Å². The molecule has 3 rings (SSSR count). The number of hydrogen-bond acceptors (Lipinski definition) is 2. The van der Waals surface area contributed by atoms with Crippen LogP contribution in [0.5, 0.6) is 0 Å². The summed E-state index contributed by atoms with van der Waals surface area (Å²) in [5.41, 5.74) is 1.64. The van der Waals surface area contributed by atoms with Crippen molar-refractivity contribution in [2.24, 2.45) is 0 Å². The number of rotatable bonds is 3. The first kappa shape index (κ1) is 15.6. The summed E-state index contributed by atoms with van der Waals surface area (Å²) in [6, 6.07) is 8.84. The Labute approximate surface area is 136 Å². The molecule has 2 heterocycles. The van der Waals surface area contributed by atoms with Crippen LogP contribution in [0, 0.1) is 11.8 Å². The lowest BCUT2D eigenvalue weighted by Crippen LogP contribution is -2.26. The smallest absolute Gasteiger partial charge is 0.213 e. The van der Waals surface area contributed by atoms with Crippen LogP contribution in [-0.4, -0.2) is 16.4 Å². The summed E-state index contributed by atoms with van der Waals surface area (Å²) in [6.07, 6.45) is 2.52. The monoisotopic (exact) mass is 336 g/mol. The second kappa shape index (κ2) is 6.46. The Kier molecular flexibility index (Phi) is 4.39. The number of aromatic nitrogens is 1. The van der Waals surface area contributed by atoms with E-state index < -0.39 is 11.8 Å².